The maximum absolute atomic E-state index is 12.7. The molecule has 0 aromatic heterocycles. The highest BCUT2D eigenvalue weighted by atomic mass is 127. The number of ether oxygens (including phenoxy) is 1. The van der Waals surface area contributed by atoms with Crippen molar-refractivity contribution in [3.05, 3.63) is 85.9 Å². The third-order valence-electron chi connectivity index (χ3n) is 4.24. The van der Waals surface area contributed by atoms with E-state index in [9.17, 15) is 13.2 Å². The number of hydrogen-bond donors (Lipinski definition) is 1. The van der Waals surface area contributed by atoms with Crippen molar-refractivity contribution < 1.29 is 22.1 Å². The zero-order chi connectivity index (χ0) is 23.3. The van der Waals surface area contributed by atoms with Crippen LogP contribution in [0.15, 0.2) is 70.7 Å². The van der Waals surface area contributed by atoms with Crippen LogP contribution in [0.4, 0.5) is 0 Å². The lowest BCUT2D eigenvalue weighted by atomic mass is 10.2. The molecule has 1 amide bonds. The zero-order valence-electron chi connectivity index (χ0n) is 17.0. The van der Waals surface area contributed by atoms with Crippen molar-refractivity contribution in [2.45, 2.75) is 11.8 Å². The molecule has 0 aliphatic rings. The maximum Gasteiger partial charge on any atom is 0.339 e. The Hall–Kier alpha value is -2.63. The van der Waals surface area contributed by atoms with Gasteiger partial charge in [0.2, 0.25) is 0 Å². The maximum atomic E-state index is 12.7. The summed E-state index contributed by atoms with van der Waals surface area (Å²) in [5.41, 5.74) is 4.33. The van der Waals surface area contributed by atoms with Gasteiger partial charge in [-0.1, -0.05) is 29.3 Å². The fraction of sp³-hybridized carbons (Fsp3) is 0.0909. The molecule has 0 atom stereocenters. The van der Waals surface area contributed by atoms with E-state index in [4.69, 9.17) is 20.5 Å². The Kier molecular flexibility index (Phi) is 7.75. The lowest BCUT2D eigenvalue weighted by molar-refractivity contribution is 0.0955. The van der Waals surface area contributed by atoms with Crippen molar-refractivity contribution in [3.63, 3.8) is 0 Å². The first-order valence-corrected chi connectivity index (χ1v) is 12.0. The van der Waals surface area contributed by atoms with E-state index in [1.165, 1.54) is 25.5 Å². The first kappa shape index (κ1) is 24.0. The van der Waals surface area contributed by atoms with Crippen LogP contribution in [0.3, 0.4) is 0 Å². The Bertz CT molecular complexity index is 1260. The zero-order valence-corrected chi connectivity index (χ0v) is 20.7. The van der Waals surface area contributed by atoms with Gasteiger partial charge in [0.15, 0.2) is 11.5 Å². The predicted octanol–water partition coefficient (Wildman–Crippen LogP) is 4.79. The van der Waals surface area contributed by atoms with Crippen LogP contribution in [0.25, 0.3) is 0 Å². The first-order valence-electron chi connectivity index (χ1n) is 9.17. The Morgan fingerprint density at radius 1 is 1.09 bits per heavy atom. The van der Waals surface area contributed by atoms with Gasteiger partial charge in [-0.2, -0.15) is 13.5 Å². The van der Waals surface area contributed by atoms with E-state index < -0.39 is 16.0 Å². The Morgan fingerprint density at radius 2 is 1.75 bits per heavy atom. The molecule has 32 heavy (non-hydrogen) atoms. The van der Waals surface area contributed by atoms with Crippen LogP contribution in [0.5, 0.6) is 11.5 Å². The second-order valence-corrected chi connectivity index (χ2v) is 9.74. The molecule has 0 saturated carbocycles. The van der Waals surface area contributed by atoms with Crippen molar-refractivity contribution in [1.82, 2.24) is 5.43 Å². The van der Waals surface area contributed by atoms with Crippen LogP contribution in [0.2, 0.25) is 5.02 Å². The van der Waals surface area contributed by atoms with Gasteiger partial charge in [0, 0.05) is 10.6 Å². The number of methoxy groups -OCH3 is 1. The van der Waals surface area contributed by atoms with Crippen LogP contribution in [0, 0.1) is 10.5 Å². The highest BCUT2D eigenvalue weighted by molar-refractivity contribution is 14.1. The number of rotatable bonds is 7. The second kappa shape index (κ2) is 10.3. The molecule has 0 aliphatic carbocycles. The molecule has 166 valence electrons. The molecule has 0 bridgehead atoms. The van der Waals surface area contributed by atoms with Gasteiger partial charge in [0.1, 0.15) is 4.90 Å². The van der Waals surface area contributed by atoms with Gasteiger partial charge in [-0.25, -0.2) is 5.43 Å². The van der Waals surface area contributed by atoms with Gasteiger partial charge >= 0.3 is 10.1 Å². The van der Waals surface area contributed by atoms with E-state index in [0.29, 0.717) is 19.7 Å². The van der Waals surface area contributed by atoms with E-state index in [-0.39, 0.29) is 16.4 Å². The smallest absolute Gasteiger partial charge is 0.339 e. The van der Waals surface area contributed by atoms with Gasteiger partial charge in [0.25, 0.3) is 5.91 Å². The fourth-order valence-corrected chi connectivity index (χ4v) is 4.56. The topological polar surface area (TPSA) is 94.1 Å². The number of carbonyl (C=O) groups is 1. The van der Waals surface area contributed by atoms with E-state index in [2.05, 4.69) is 10.5 Å². The number of hydrogen-bond acceptors (Lipinski definition) is 6. The predicted molar refractivity (Wildman–Crippen MR) is 131 cm³/mol. The average Bonchev–Trinajstić information content (AvgIpc) is 2.76. The number of halogens is 2. The molecule has 3 rings (SSSR count). The highest BCUT2D eigenvalue weighted by Gasteiger charge is 2.21. The molecule has 0 radical (unpaired) electrons. The van der Waals surface area contributed by atoms with E-state index in [1.807, 2.05) is 29.5 Å². The summed E-state index contributed by atoms with van der Waals surface area (Å²) in [4.78, 5) is 12.2. The van der Waals surface area contributed by atoms with Gasteiger partial charge < -0.3 is 8.92 Å². The Balaban J connectivity index is 1.78. The van der Waals surface area contributed by atoms with Crippen molar-refractivity contribution in [3.8, 4) is 11.5 Å². The monoisotopic (exact) mass is 584 g/mol. The number of benzene rings is 3. The fourth-order valence-electron chi connectivity index (χ4n) is 2.59. The molecule has 0 aliphatic heterocycles. The molecular formula is C22H18ClIN2O5S. The molecular weight excluding hydrogens is 567 g/mol. The molecule has 10 heteroatoms. The number of amides is 1. The molecule has 0 fully saturated rings. The normalized spacial score (nSPS) is 11.4. The number of nitrogens with one attached hydrogen (secondary N) is 1. The summed E-state index contributed by atoms with van der Waals surface area (Å²) in [7, 11) is -2.64. The molecule has 3 aromatic carbocycles. The van der Waals surface area contributed by atoms with Gasteiger partial charge in [-0.05, 0) is 83.6 Å². The molecule has 0 unspecified atom stereocenters. The second-order valence-electron chi connectivity index (χ2n) is 6.59. The van der Waals surface area contributed by atoms with Crippen molar-refractivity contribution in [1.29, 1.82) is 0 Å². The SMILES string of the molecule is COc1cc(/C=N/NC(=O)c2ccc(Cl)cc2)cc(I)c1OS(=O)(=O)c1ccc(C)cc1. The summed E-state index contributed by atoms with van der Waals surface area (Å²) in [5, 5.41) is 4.47. The van der Waals surface area contributed by atoms with Gasteiger partial charge in [-0.15, -0.1) is 0 Å². The lowest BCUT2D eigenvalue weighted by Crippen LogP contribution is -2.17. The molecule has 7 nitrogen and oxygen atoms in total. The summed E-state index contributed by atoms with van der Waals surface area (Å²) in [6.45, 7) is 1.86. The van der Waals surface area contributed by atoms with Crippen molar-refractivity contribution in [2.24, 2.45) is 5.10 Å². The highest BCUT2D eigenvalue weighted by Crippen LogP contribution is 2.35. The van der Waals surface area contributed by atoms with E-state index in [0.717, 1.165) is 5.56 Å². The van der Waals surface area contributed by atoms with Crippen molar-refractivity contribution in [2.75, 3.05) is 7.11 Å². The van der Waals surface area contributed by atoms with Crippen LogP contribution < -0.4 is 14.3 Å². The van der Waals surface area contributed by atoms with Crippen LogP contribution in [0.1, 0.15) is 21.5 Å². The average molecular weight is 585 g/mol. The minimum atomic E-state index is -4.04. The molecule has 0 saturated heterocycles. The molecule has 3 aromatic rings. The number of hydrazone groups is 1. The molecule has 1 N–H and O–H groups in total. The Morgan fingerprint density at radius 3 is 2.38 bits per heavy atom. The Labute approximate surface area is 204 Å². The third kappa shape index (κ3) is 5.99. The minimum absolute atomic E-state index is 0.0384. The quantitative estimate of drug-likeness (QED) is 0.187. The lowest BCUT2D eigenvalue weighted by Gasteiger charge is -2.13. The number of aryl methyl sites for hydroxylation is 1. The molecule has 0 heterocycles. The number of carbonyl (C=O) groups excluding carboxylic acids is 1. The van der Waals surface area contributed by atoms with Crippen LogP contribution in [-0.2, 0) is 10.1 Å². The first-order chi connectivity index (χ1) is 15.2. The van der Waals surface area contributed by atoms with Gasteiger partial charge in [0.05, 0.1) is 16.9 Å². The standard InChI is InChI=1S/C22H18ClIN2O5S/c1-14-3-9-18(10-4-14)32(28,29)31-21-19(24)11-15(12-20(21)30-2)13-25-26-22(27)16-5-7-17(23)8-6-16/h3-13H,1-2H3,(H,26,27)/b25-13+. The van der Waals surface area contributed by atoms with Crippen molar-refractivity contribution >= 4 is 56.4 Å². The summed E-state index contributed by atoms with van der Waals surface area (Å²) in [5.74, 6) is -0.127. The number of nitrogens with zero attached hydrogens (tertiary/aromatic N) is 1. The van der Waals surface area contributed by atoms with E-state index in [1.54, 1.807) is 48.5 Å². The van der Waals surface area contributed by atoms with E-state index >= 15 is 0 Å². The summed E-state index contributed by atoms with van der Waals surface area (Å²) in [6, 6.07) is 15.9. The minimum Gasteiger partial charge on any atom is -0.493 e. The van der Waals surface area contributed by atoms with Gasteiger partial charge in [-0.3, -0.25) is 4.79 Å². The van der Waals surface area contributed by atoms with Crippen LogP contribution in [-0.4, -0.2) is 27.6 Å². The summed E-state index contributed by atoms with van der Waals surface area (Å²) in [6.07, 6.45) is 1.41. The molecule has 0 spiro atoms. The largest absolute Gasteiger partial charge is 0.493 e. The van der Waals surface area contributed by atoms with Crippen LogP contribution >= 0.6 is 34.2 Å². The summed E-state index contributed by atoms with van der Waals surface area (Å²) < 4.78 is 36.5. The summed E-state index contributed by atoms with van der Waals surface area (Å²) >= 11 is 7.76. The third-order valence-corrected chi connectivity index (χ3v) is 6.53.